The second-order valence-corrected chi connectivity index (χ2v) is 4.64. The van der Waals surface area contributed by atoms with Gasteiger partial charge in [0.25, 0.3) is 0 Å². The van der Waals surface area contributed by atoms with E-state index in [0.717, 1.165) is 22.0 Å². The topological polar surface area (TPSA) is 47.0 Å². The summed E-state index contributed by atoms with van der Waals surface area (Å²) >= 11 is 6.00. The van der Waals surface area contributed by atoms with Gasteiger partial charge in [-0.05, 0) is 30.2 Å². The summed E-state index contributed by atoms with van der Waals surface area (Å²) in [7, 11) is 1.62. The molecule has 0 fully saturated rings. The van der Waals surface area contributed by atoms with E-state index in [1.165, 1.54) is 0 Å². The van der Waals surface area contributed by atoms with Crippen LogP contribution in [0.5, 0.6) is 0 Å². The number of benzene rings is 1. The number of nitrogens with one attached hydrogen (secondary N) is 1. The second kappa shape index (κ2) is 6.50. The minimum atomic E-state index is 0.412. The number of anilines is 1. The Labute approximate surface area is 117 Å². The first kappa shape index (κ1) is 13.8. The van der Waals surface area contributed by atoms with Gasteiger partial charge in [0.1, 0.15) is 12.4 Å². The van der Waals surface area contributed by atoms with Gasteiger partial charge in [-0.2, -0.15) is 0 Å². The maximum atomic E-state index is 6.00. The molecule has 0 spiro atoms. The molecule has 1 aromatic heterocycles. The monoisotopic (exact) mass is 277 g/mol. The molecule has 5 heteroatoms. The highest BCUT2D eigenvalue weighted by Gasteiger charge is 2.01. The molecule has 19 heavy (non-hydrogen) atoms. The first-order chi connectivity index (χ1) is 9.19. The van der Waals surface area contributed by atoms with E-state index in [1.807, 2.05) is 25.1 Å². The average molecular weight is 278 g/mol. The molecule has 0 atom stereocenters. The Balaban J connectivity index is 2.01. The van der Waals surface area contributed by atoms with Crippen LogP contribution >= 0.6 is 11.6 Å². The van der Waals surface area contributed by atoms with Crippen LogP contribution in [0.3, 0.4) is 0 Å². The molecule has 1 heterocycles. The van der Waals surface area contributed by atoms with E-state index in [-0.39, 0.29) is 0 Å². The second-order valence-electron chi connectivity index (χ2n) is 4.23. The van der Waals surface area contributed by atoms with E-state index >= 15 is 0 Å². The zero-order valence-electron chi connectivity index (χ0n) is 11.0. The molecule has 0 aliphatic heterocycles. The molecular weight excluding hydrogens is 262 g/mol. The number of aromatic nitrogens is 2. The maximum absolute atomic E-state index is 6.00. The van der Waals surface area contributed by atoms with Gasteiger partial charge < -0.3 is 10.1 Å². The van der Waals surface area contributed by atoms with E-state index in [2.05, 4.69) is 21.4 Å². The van der Waals surface area contributed by atoms with Crippen molar-refractivity contribution in [2.75, 3.05) is 12.4 Å². The lowest BCUT2D eigenvalue weighted by Crippen LogP contribution is -2.04. The molecule has 0 aliphatic rings. The van der Waals surface area contributed by atoms with Gasteiger partial charge in [0.15, 0.2) is 5.82 Å². The van der Waals surface area contributed by atoms with Gasteiger partial charge >= 0.3 is 0 Å². The van der Waals surface area contributed by atoms with Crippen molar-refractivity contribution < 1.29 is 4.74 Å². The first-order valence-electron chi connectivity index (χ1n) is 5.99. The molecule has 4 nitrogen and oxygen atoms in total. The van der Waals surface area contributed by atoms with Crippen LogP contribution in [0.4, 0.5) is 5.82 Å². The van der Waals surface area contributed by atoms with Gasteiger partial charge in [-0.3, -0.25) is 0 Å². The third-order valence-corrected chi connectivity index (χ3v) is 3.10. The zero-order chi connectivity index (χ0) is 13.7. The summed E-state index contributed by atoms with van der Waals surface area (Å²) in [5.41, 5.74) is 2.23. The smallest absolute Gasteiger partial charge is 0.156 e. The Morgan fingerprint density at radius 3 is 2.89 bits per heavy atom. The van der Waals surface area contributed by atoms with Crippen molar-refractivity contribution in [3.63, 3.8) is 0 Å². The molecule has 0 saturated carbocycles. The zero-order valence-corrected chi connectivity index (χ0v) is 11.7. The maximum Gasteiger partial charge on any atom is 0.156 e. The van der Waals surface area contributed by atoms with E-state index in [0.29, 0.717) is 19.0 Å². The van der Waals surface area contributed by atoms with Crippen molar-refractivity contribution in [1.82, 2.24) is 9.97 Å². The van der Waals surface area contributed by atoms with Gasteiger partial charge in [-0.25, -0.2) is 9.97 Å². The van der Waals surface area contributed by atoms with Crippen LogP contribution in [0.25, 0.3) is 0 Å². The lowest BCUT2D eigenvalue weighted by molar-refractivity contribution is 0.178. The highest BCUT2D eigenvalue weighted by atomic mass is 35.5. The largest absolute Gasteiger partial charge is 0.377 e. The molecule has 100 valence electrons. The number of halogens is 1. The van der Waals surface area contributed by atoms with Gasteiger partial charge in [0.2, 0.25) is 0 Å². The number of ether oxygens (including phenoxy) is 1. The molecule has 2 rings (SSSR count). The van der Waals surface area contributed by atoms with Gasteiger partial charge in [-0.1, -0.05) is 23.7 Å². The van der Waals surface area contributed by atoms with Crippen LogP contribution in [-0.4, -0.2) is 17.1 Å². The number of methoxy groups -OCH3 is 1. The van der Waals surface area contributed by atoms with E-state index in [9.17, 15) is 0 Å². The van der Waals surface area contributed by atoms with E-state index < -0.39 is 0 Å². The molecule has 2 aromatic rings. The highest BCUT2D eigenvalue weighted by Crippen LogP contribution is 2.17. The average Bonchev–Trinajstić information content (AvgIpc) is 2.41. The lowest BCUT2D eigenvalue weighted by atomic mass is 10.1. The Bertz CT molecular complexity index is 560. The summed E-state index contributed by atoms with van der Waals surface area (Å²) in [5, 5.41) is 4.04. The van der Waals surface area contributed by atoms with Crippen LogP contribution in [0.2, 0.25) is 5.02 Å². The number of rotatable bonds is 5. The Hall–Kier alpha value is -1.65. The molecule has 0 unspecified atom stereocenters. The Kier molecular flexibility index (Phi) is 4.71. The standard InChI is InChI=1S/C14H16ClN3O/c1-10-7-11(3-4-12(10)15)8-17-13-5-6-16-14(18-13)9-19-2/h3-7H,8-9H2,1-2H3,(H,16,17,18). The van der Waals surface area contributed by atoms with Gasteiger partial charge in [0, 0.05) is 24.9 Å². The minimum absolute atomic E-state index is 0.412. The van der Waals surface area contributed by atoms with Crippen molar-refractivity contribution in [2.24, 2.45) is 0 Å². The number of hydrogen-bond acceptors (Lipinski definition) is 4. The lowest BCUT2D eigenvalue weighted by Gasteiger charge is -2.08. The fourth-order valence-corrected chi connectivity index (χ4v) is 1.82. The van der Waals surface area contributed by atoms with Crippen molar-refractivity contribution >= 4 is 17.4 Å². The van der Waals surface area contributed by atoms with Crippen LogP contribution < -0.4 is 5.32 Å². The third-order valence-electron chi connectivity index (χ3n) is 2.67. The highest BCUT2D eigenvalue weighted by molar-refractivity contribution is 6.31. The predicted octanol–water partition coefficient (Wildman–Crippen LogP) is 3.20. The molecule has 1 N–H and O–H groups in total. The molecule has 1 aromatic carbocycles. The molecular formula is C14H16ClN3O. The Morgan fingerprint density at radius 1 is 1.32 bits per heavy atom. The van der Waals surface area contributed by atoms with Crippen LogP contribution in [0, 0.1) is 6.92 Å². The van der Waals surface area contributed by atoms with Gasteiger partial charge in [0.05, 0.1) is 0 Å². The van der Waals surface area contributed by atoms with Gasteiger partial charge in [-0.15, -0.1) is 0 Å². The summed E-state index contributed by atoms with van der Waals surface area (Å²) in [4.78, 5) is 8.46. The summed E-state index contributed by atoms with van der Waals surface area (Å²) in [5.74, 6) is 1.45. The fourth-order valence-electron chi connectivity index (χ4n) is 1.71. The number of nitrogens with zero attached hydrogens (tertiary/aromatic N) is 2. The van der Waals surface area contributed by atoms with Crippen LogP contribution in [0.1, 0.15) is 17.0 Å². The third kappa shape index (κ3) is 3.91. The molecule has 0 radical (unpaired) electrons. The molecule has 0 aliphatic carbocycles. The summed E-state index contributed by atoms with van der Waals surface area (Å²) in [6.45, 7) is 3.10. The predicted molar refractivity (Wildman–Crippen MR) is 76.3 cm³/mol. The summed E-state index contributed by atoms with van der Waals surface area (Å²) in [6, 6.07) is 7.80. The molecule has 0 amide bonds. The first-order valence-corrected chi connectivity index (χ1v) is 6.36. The van der Waals surface area contributed by atoms with E-state index in [1.54, 1.807) is 13.3 Å². The van der Waals surface area contributed by atoms with Crippen molar-refractivity contribution in [3.8, 4) is 0 Å². The SMILES string of the molecule is COCc1nccc(NCc2ccc(Cl)c(C)c2)n1. The minimum Gasteiger partial charge on any atom is -0.377 e. The Morgan fingerprint density at radius 2 is 2.16 bits per heavy atom. The van der Waals surface area contributed by atoms with Crippen molar-refractivity contribution in [1.29, 1.82) is 0 Å². The van der Waals surface area contributed by atoms with Crippen molar-refractivity contribution in [3.05, 3.63) is 52.4 Å². The molecule has 0 bridgehead atoms. The fraction of sp³-hybridized carbons (Fsp3) is 0.286. The number of aryl methyl sites for hydroxylation is 1. The van der Waals surface area contributed by atoms with E-state index in [4.69, 9.17) is 16.3 Å². The normalized spacial score (nSPS) is 10.5. The quantitative estimate of drug-likeness (QED) is 0.912. The summed E-state index contributed by atoms with van der Waals surface area (Å²) in [6.07, 6.45) is 1.72. The van der Waals surface area contributed by atoms with Crippen molar-refractivity contribution in [2.45, 2.75) is 20.1 Å². The number of hydrogen-bond donors (Lipinski definition) is 1. The van der Waals surface area contributed by atoms with Crippen LogP contribution in [0.15, 0.2) is 30.5 Å². The summed E-state index contributed by atoms with van der Waals surface area (Å²) < 4.78 is 5.01. The van der Waals surface area contributed by atoms with Crippen LogP contribution in [-0.2, 0) is 17.9 Å². The molecule has 0 saturated heterocycles.